The first kappa shape index (κ1) is 26.2. The molecule has 0 radical (unpaired) electrons. The van der Waals surface area contributed by atoms with Crippen LogP contribution >= 0.6 is 0 Å². The first-order valence-electron chi connectivity index (χ1n) is 12.7. The lowest BCUT2D eigenvalue weighted by Gasteiger charge is -2.12. The molecule has 0 unspecified atom stereocenters. The maximum Gasteiger partial charge on any atom is 0.182 e. The van der Waals surface area contributed by atoms with Crippen LogP contribution in [0.2, 0.25) is 0 Å². The molecule has 3 heterocycles. The minimum atomic E-state index is -0.694. The number of hydrogen-bond acceptors (Lipinski definition) is 7. The minimum Gasteiger partial charge on any atom is -0.494 e. The minimum absolute atomic E-state index is 0.104. The van der Waals surface area contributed by atoms with Crippen LogP contribution < -0.4 is 10.1 Å². The summed E-state index contributed by atoms with van der Waals surface area (Å²) in [5, 5.41) is 8.85. The number of nitrogens with zero attached hydrogens (tertiary/aromatic N) is 5. The van der Waals surface area contributed by atoms with Gasteiger partial charge in [-0.25, -0.2) is 18.7 Å². The molecule has 2 aromatic carbocycles. The van der Waals surface area contributed by atoms with E-state index in [1.54, 1.807) is 37.3 Å². The first-order valence-corrected chi connectivity index (χ1v) is 12.7. The molecule has 0 aliphatic rings. The molecule has 5 aromatic rings. The van der Waals surface area contributed by atoms with E-state index in [-0.39, 0.29) is 17.9 Å². The lowest BCUT2D eigenvalue weighted by atomic mass is 10.1. The Bertz CT molecular complexity index is 1550. The molecule has 0 saturated carbocycles. The molecule has 200 valence electrons. The van der Waals surface area contributed by atoms with E-state index in [4.69, 9.17) is 19.6 Å². The summed E-state index contributed by atoms with van der Waals surface area (Å²) < 4.78 is 41.8. The van der Waals surface area contributed by atoms with Gasteiger partial charge in [0.05, 0.1) is 18.7 Å². The van der Waals surface area contributed by atoms with Crippen LogP contribution in [0.25, 0.3) is 22.4 Å². The highest BCUT2D eigenvalue weighted by Crippen LogP contribution is 2.30. The molecule has 10 heteroatoms. The average molecular weight is 531 g/mol. The van der Waals surface area contributed by atoms with E-state index in [0.717, 1.165) is 23.1 Å². The van der Waals surface area contributed by atoms with Gasteiger partial charge < -0.3 is 14.8 Å². The molecular weight excluding hydrogens is 502 g/mol. The van der Waals surface area contributed by atoms with Crippen molar-refractivity contribution in [2.45, 2.75) is 26.3 Å². The molecule has 39 heavy (non-hydrogen) atoms. The lowest BCUT2D eigenvalue weighted by molar-refractivity contribution is 0.195. The Labute approximate surface area is 224 Å². The molecule has 0 saturated heterocycles. The molecule has 1 N–H and O–H groups in total. The second kappa shape index (κ2) is 12.0. The van der Waals surface area contributed by atoms with Gasteiger partial charge in [-0.05, 0) is 38.0 Å². The zero-order chi connectivity index (χ0) is 27.2. The zero-order valence-corrected chi connectivity index (χ0v) is 21.7. The number of aryl methyl sites for hydroxylation is 1. The number of anilines is 2. The predicted molar refractivity (Wildman–Crippen MR) is 145 cm³/mol. The van der Waals surface area contributed by atoms with Gasteiger partial charge in [-0.15, -0.1) is 0 Å². The standard InChI is InChI=1S/C29H28F2N6O2/c1-3-39-21-15-24(30)23(25(31)16-21)18-37-26-9-5-4-8-22(26)27(36-37)29-33-17-19(7-6-14-38-2)28(35-29)34-20-10-12-32-13-11-20/h4-5,8-13,15-17H,3,6-7,14,18H2,1-2H3,(H,32,33,34,35). The van der Waals surface area contributed by atoms with Crippen LogP contribution in [0, 0.1) is 11.6 Å². The molecular formula is C29H28F2N6O2. The number of aromatic nitrogens is 5. The van der Waals surface area contributed by atoms with Crippen molar-refractivity contribution in [2.75, 3.05) is 25.6 Å². The van der Waals surface area contributed by atoms with E-state index in [2.05, 4.69) is 15.3 Å². The third kappa shape index (κ3) is 5.85. The molecule has 8 nitrogen and oxygen atoms in total. The van der Waals surface area contributed by atoms with Gasteiger partial charge in [0.15, 0.2) is 5.82 Å². The highest BCUT2D eigenvalue weighted by molar-refractivity contribution is 5.91. The highest BCUT2D eigenvalue weighted by Gasteiger charge is 2.19. The van der Waals surface area contributed by atoms with Gasteiger partial charge >= 0.3 is 0 Å². The molecule has 0 aliphatic carbocycles. The maximum atomic E-state index is 14.9. The monoisotopic (exact) mass is 530 g/mol. The SMILES string of the molecule is CCOc1cc(F)c(Cn2nc(-c3ncc(CCCOC)c(Nc4ccncc4)n3)c3ccccc32)c(F)c1. The van der Waals surface area contributed by atoms with Crippen molar-refractivity contribution >= 4 is 22.4 Å². The summed E-state index contributed by atoms with van der Waals surface area (Å²) in [4.78, 5) is 13.5. The third-order valence-electron chi connectivity index (χ3n) is 6.21. The number of nitrogens with one attached hydrogen (secondary N) is 1. The second-order valence-electron chi connectivity index (χ2n) is 8.85. The second-order valence-corrected chi connectivity index (χ2v) is 8.85. The summed E-state index contributed by atoms with van der Waals surface area (Å²) in [6, 6.07) is 13.6. The molecule has 0 amide bonds. The van der Waals surface area contributed by atoms with Crippen LogP contribution in [-0.4, -0.2) is 45.1 Å². The van der Waals surface area contributed by atoms with E-state index >= 15 is 0 Å². The molecule has 0 spiro atoms. The summed E-state index contributed by atoms with van der Waals surface area (Å²) in [5.41, 5.74) is 2.87. The molecule has 5 rings (SSSR count). The fourth-order valence-corrected chi connectivity index (χ4v) is 4.33. The first-order chi connectivity index (χ1) is 19.1. The number of rotatable bonds is 11. The van der Waals surface area contributed by atoms with Crippen molar-refractivity contribution in [3.63, 3.8) is 0 Å². The van der Waals surface area contributed by atoms with Crippen LogP contribution in [0.5, 0.6) is 5.75 Å². The van der Waals surface area contributed by atoms with Crippen LogP contribution in [0.15, 0.2) is 67.1 Å². The Morgan fingerprint density at radius 2 is 1.79 bits per heavy atom. The van der Waals surface area contributed by atoms with Crippen LogP contribution in [0.4, 0.5) is 20.3 Å². The van der Waals surface area contributed by atoms with Crippen LogP contribution in [0.1, 0.15) is 24.5 Å². The number of pyridine rings is 1. The van der Waals surface area contributed by atoms with Gasteiger partial charge in [-0.3, -0.25) is 9.67 Å². The van der Waals surface area contributed by atoms with E-state index in [0.29, 0.717) is 42.5 Å². The summed E-state index contributed by atoms with van der Waals surface area (Å²) in [5.74, 6) is -0.204. The molecule has 3 aromatic heterocycles. The van der Waals surface area contributed by atoms with Crippen molar-refractivity contribution in [1.29, 1.82) is 0 Å². The topological polar surface area (TPSA) is 87.0 Å². The summed E-state index contributed by atoms with van der Waals surface area (Å²) in [7, 11) is 1.67. The summed E-state index contributed by atoms with van der Waals surface area (Å²) >= 11 is 0. The van der Waals surface area contributed by atoms with Crippen molar-refractivity contribution in [3.05, 3.63) is 89.9 Å². The Kier molecular flexibility index (Phi) is 8.02. The number of halogens is 2. The largest absolute Gasteiger partial charge is 0.494 e. The third-order valence-corrected chi connectivity index (χ3v) is 6.21. The summed E-state index contributed by atoms with van der Waals surface area (Å²) in [6.07, 6.45) is 6.70. The number of para-hydroxylation sites is 1. The van der Waals surface area contributed by atoms with Crippen LogP contribution in [0.3, 0.4) is 0 Å². The average Bonchev–Trinajstić information content (AvgIpc) is 3.31. The quantitative estimate of drug-likeness (QED) is 0.212. The van der Waals surface area contributed by atoms with Crippen LogP contribution in [-0.2, 0) is 17.7 Å². The Hall–Kier alpha value is -4.44. The van der Waals surface area contributed by atoms with Crippen molar-refractivity contribution in [3.8, 4) is 17.3 Å². The number of fused-ring (bicyclic) bond motifs is 1. The van der Waals surface area contributed by atoms with Gasteiger partial charge in [0.1, 0.15) is 28.9 Å². The fourth-order valence-electron chi connectivity index (χ4n) is 4.33. The van der Waals surface area contributed by atoms with Gasteiger partial charge in [0, 0.05) is 66.6 Å². The number of methoxy groups -OCH3 is 1. The van der Waals surface area contributed by atoms with E-state index < -0.39 is 11.6 Å². The highest BCUT2D eigenvalue weighted by atomic mass is 19.1. The molecule has 0 fully saturated rings. The molecule has 0 bridgehead atoms. The van der Waals surface area contributed by atoms with Gasteiger partial charge in [-0.1, -0.05) is 18.2 Å². The Morgan fingerprint density at radius 3 is 2.54 bits per heavy atom. The summed E-state index contributed by atoms with van der Waals surface area (Å²) in [6.45, 7) is 2.58. The number of ether oxygens (including phenoxy) is 2. The molecule has 0 atom stereocenters. The van der Waals surface area contributed by atoms with Crippen molar-refractivity contribution < 1.29 is 18.3 Å². The van der Waals surface area contributed by atoms with Gasteiger partial charge in [-0.2, -0.15) is 5.10 Å². The molecule has 0 aliphatic heterocycles. The van der Waals surface area contributed by atoms with Gasteiger partial charge in [0.25, 0.3) is 0 Å². The predicted octanol–water partition coefficient (Wildman–Crippen LogP) is 5.94. The lowest BCUT2D eigenvalue weighted by Crippen LogP contribution is -2.08. The number of benzene rings is 2. The normalized spacial score (nSPS) is 11.2. The maximum absolute atomic E-state index is 14.9. The van der Waals surface area contributed by atoms with E-state index in [9.17, 15) is 8.78 Å². The van der Waals surface area contributed by atoms with Crippen molar-refractivity contribution in [2.24, 2.45) is 0 Å². The zero-order valence-electron chi connectivity index (χ0n) is 21.7. The Balaban J connectivity index is 1.54. The fraction of sp³-hybridized carbons (Fsp3) is 0.241. The Morgan fingerprint density at radius 1 is 1.03 bits per heavy atom. The number of hydrogen-bond donors (Lipinski definition) is 1. The van der Waals surface area contributed by atoms with E-state index in [1.807, 2.05) is 36.4 Å². The smallest absolute Gasteiger partial charge is 0.182 e. The van der Waals surface area contributed by atoms with Gasteiger partial charge in [0.2, 0.25) is 0 Å². The van der Waals surface area contributed by atoms with Crippen molar-refractivity contribution in [1.82, 2.24) is 24.7 Å². The van der Waals surface area contributed by atoms with E-state index in [1.165, 1.54) is 12.1 Å².